The number of nitrogens with zero attached hydrogens (tertiary/aromatic N) is 4. The Labute approximate surface area is 129 Å². The molecule has 0 spiro atoms. The zero-order chi connectivity index (χ0) is 15.1. The van der Waals surface area contributed by atoms with Gasteiger partial charge in [-0.25, -0.2) is 4.98 Å². The summed E-state index contributed by atoms with van der Waals surface area (Å²) < 4.78 is 2.02. The number of hydrogen-bond acceptors (Lipinski definition) is 4. The molecular formula is C16H16N4S. The lowest BCUT2D eigenvalue weighted by molar-refractivity contribution is 0.683. The van der Waals surface area contributed by atoms with Crippen molar-refractivity contribution in [1.29, 1.82) is 10.5 Å². The van der Waals surface area contributed by atoms with E-state index in [0.29, 0.717) is 18.6 Å². The van der Waals surface area contributed by atoms with Gasteiger partial charge < -0.3 is 0 Å². The van der Waals surface area contributed by atoms with Gasteiger partial charge in [-0.15, -0.1) is 0 Å². The number of aromatic nitrogens is 2. The molecule has 0 saturated heterocycles. The van der Waals surface area contributed by atoms with Crippen molar-refractivity contribution >= 4 is 11.8 Å². The lowest BCUT2D eigenvalue weighted by Crippen LogP contribution is -2.02. The zero-order valence-corrected chi connectivity index (χ0v) is 12.7. The largest absolute Gasteiger partial charge is 0.295 e. The molecule has 1 aromatic carbocycles. The van der Waals surface area contributed by atoms with Gasteiger partial charge in [-0.2, -0.15) is 10.5 Å². The van der Waals surface area contributed by atoms with E-state index in [1.807, 2.05) is 22.9 Å². The third-order valence-corrected chi connectivity index (χ3v) is 4.22. The summed E-state index contributed by atoms with van der Waals surface area (Å²) in [7, 11) is 0. The van der Waals surface area contributed by atoms with Crippen LogP contribution in [0.2, 0.25) is 0 Å². The van der Waals surface area contributed by atoms with E-state index < -0.39 is 0 Å². The SMILES string of the molecule is Cc1cccc(-n2ccnc2SC[C@@H](C#N)CCC#N)c1. The summed E-state index contributed by atoms with van der Waals surface area (Å²) in [6.45, 7) is 2.06. The first-order chi connectivity index (χ1) is 10.2. The van der Waals surface area contributed by atoms with E-state index in [4.69, 9.17) is 10.5 Å². The molecule has 0 N–H and O–H groups in total. The van der Waals surface area contributed by atoms with Crippen molar-refractivity contribution in [2.24, 2.45) is 5.92 Å². The zero-order valence-electron chi connectivity index (χ0n) is 11.9. The van der Waals surface area contributed by atoms with Gasteiger partial charge in [0.15, 0.2) is 5.16 Å². The van der Waals surface area contributed by atoms with Crippen LogP contribution in [0.1, 0.15) is 18.4 Å². The fourth-order valence-corrected chi connectivity index (χ4v) is 3.00. The Morgan fingerprint density at radius 1 is 1.38 bits per heavy atom. The molecule has 1 aromatic heterocycles. The van der Waals surface area contributed by atoms with Gasteiger partial charge in [0.1, 0.15) is 0 Å². The second-order valence-corrected chi connectivity index (χ2v) is 5.74. The summed E-state index contributed by atoms with van der Waals surface area (Å²) in [6.07, 6.45) is 4.73. The van der Waals surface area contributed by atoms with Crippen LogP contribution in [0.25, 0.3) is 5.69 Å². The fraction of sp³-hybridized carbons (Fsp3) is 0.312. The Hall–Kier alpha value is -2.24. The Balaban J connectivity index is 2.08. The minimum Gasteiger partial charge on any atom is -0.295 e. The van der Waals surface area contributed by atoms with Crippen molar-refractivity contribution in [1.82, 2.24) is 9.55 Å². The molecule has 0 bridgehead atoms. The topological polar surface area (TPSA) is 65.4 Å². The standard InChI is InChI=1S/C16H16N4S/c1-13-4-2-6-15(10-13)20-9-8-19-16(20)21-12-14(11-18)5-3-7-17/h2,4,6,8-10,14H,3,5,12H2,1H3/t14-/m1/s1. The molecule has 0 unspecified atom stereocenters. The molecule has 0 aliphatic rings. The number of benzene rings is 1. The number of hydrogen-bond donors (Lipinski definition) is 0. The highest BCUT2D eigenvalue weighted by molar-refractivity contribution is 7.99. The van der Waals surface area contributed by atoms with Gasteiger partial charge in [0, 0.05) is 30.3 Å². The fourth-order valence-electron chi connectivity index (χ4n) is 1.97. The minimum atomic E-state index is -0.114. The van der Waals surface area contributed by atoms with Gasteiger partial charge in [0.2, 0.25) is 0 Å². The third-order valence-electron chi connectivity index (χ3n) is 3.09. The summed E-state index contributed by atoms with van der Waals surface area (Å²) in [4.78, 5) is 4.36. The highest BCUT2D eigenvalue weighted by Gasteiger charge is 2.11. The molecule has 5 heteroatoms. The molecule has 2 rings (SSSR count). The van der Waals surface area contributed by atoms with Crippen LogP contribution in [0, 0.1) is 35.5 Å². The lowest BCUT2D eigenvalue weighted by Gasteiger charge is -2.10. The highest BCUT2D eigenvalue weighted by Crippen LogP contribution is 2.24. The first-order valence-corrected chi connectivity index (χ1v) is 7.73. The number of imidazole rings is 1. The molecular weight excluding hydrogens is 280 g/mol. The van der Waals surface area contributed by atoms with E-state index in [2.05, 4.69) is 36.2 Å². The Morgan fingerprint density at radius 3 is 2.95 bits per heavy atom. The molecule has 21 heavy (non-hydrogen) atoms. The smallest absolute Gasteiger partial charge is 0.172 e. The summed E-state index contributed by atoms with van der Waals surface area (Å²) in [5.74, 6) is 0.540. The van der Waals surface area contributed by atoms with Crippen LogP contribution >= 0.6 is 11.8 Å². The summed E-state index contributed by atoms with van der Waals surface area (Å²) in [5, 5.41) is 18.6. The summed E-state index contributed by atoms with van der Waals surface area (Å²) in [5.41, 5.74) is 2.27. The van der Waals surface area contributed by atoms with Crippen LogP contribution in [0.3, 0.4) is 0 Å². The van der Waals surface area contributed by atoms with Gasteiger partial charge in [-0.05, 0) is 31.0 Å². The van der Waals surface area contributed by atoms with E-state index in [0.717, 1.165) is 10.8 Å². The lowest BCUT2D eigenvalue weighted by atomic mass is 10.1. The molecule has 4 nitrogen and oxygen atoms in total. The molecule has 0 fully saturated rings. The van der Waals surface area contributed by atoms with Crippen molar-refractivity contribution in [2.45, 2.75) is 24.9 Å². The van der Waals surface area contributed by atoms with E-state index in [1.54, 1.807) is 18.0 Å². The van der Waals surface area contributed by atoms with Gasteiger partial charge >= 0.3 is 0 Å². The molecule has 106 valence electrons. The maximum atomic E-state index is 9.10. The van der Waals surface area contributed by atoms with E-state index in [9.17, 15) is 0 Å². The summed E-state index contributed by atoms with van der Waals surface area (Å²) >= 11 is 1.56. The molecule has 0 aliphatic carbocycles. The summed E-state index contributed by atoms with van der Waals surface area (Å²) in [6, 6.07) is 12.6. The first-order valence-electron chi connectivity index (χ1n) is 6.74. The molecule has 1 atom stereocenters. The van der Waals surface area contributed by atoms with E-state index in [-0.39, 0.29) is 5.92 Å². The average Bonchev–Trinajstić information content (AvgIpc) is 2.96. The molecule has 2 aromatic rings. The van der Waals surface area contributed by atoms with Crippen LogP contribution in [-0.2, 0) is 0 Å². The van der Waals surface area contributed by atoms with Crippen LogP contribution in [0.4, 0.5) is 0 Å². The van der Waals surface area contributed by atoms with Crippen molar-refractivity contribution in [3.8, 4) is 17.8 Å². The van der Waals surface area contributed by atoms with Crippen molar-refractivity contribution in [2.75, 3.05) is 5.75 Å². The molecule has 0 aliphatic heterocycles. The van der Waals surface area contributed by atoms with Gasteiger partial charge in [0.25, 0.3) is 0 Å². The normalized spacial score (nSPS) is 11.6. The Morgan fingerprint density at radius 2 is 2.24 bits per heavy atom. The number of thioether (sulfide) groups is 1. The van der Waals surface area contributed by atoms with Crippen LogP contribution in [-0.4, -0.2) is 15.3 Å². The van der Waals surface area contributed by atoms with E-state index >= 15 is 0 Å². The Kier molecular flexibility index (Phi) is 5.43. The predicted molar refractivity (Wildman–Crippen MR) is 83.0 cm³/mol. The van der Waals surface area contributed by atoms with Crippen molar-refractivity contribution in [3.05, 3.63) is 42.2 Å². The molecule has 0 radical (unpaired) electrons. The van der Waals surface area contributed by atoms with Crippen molar-refractivity contribution in [3.63, 3.8) is 0 Å². The molecule has 0 amide bonds. The number of nitriles is 2. The minimum absolute atomic E-state index is 0.114. The maximum absolute atomic E-state index is 9.10. The van der Waals surface area contributed by atoms with Gasteiger partial charge in [0.05, 0.1) is 18.1 Å². The second-order valence-electron chi connectivity index (χ2n) is 4.75. The third kappa shape index (κ3) is 4.11. The predicted octanol–water partition coefficient (Wildman–Crippen LogP) is 3.72. The van der Waals surface area contributed by atoms with Crippen LogP contribution in [0.5, 0.6) is 0 Å². The maximum Gasteiger partial charge on any atom is 0.172 e. The van der Waals surface area contributed by atoms with Gasteiger partial charge in [-0.1, -0.05) is 23.9 Å². The molecule has 0 saturated carbocycles. The van der Waals surface area contributed by atoms with Crippen molar-refractivity contribution < 1.29 is 0 Å². The number of aryl methyl sites for hydroxylation is 1. The average molecular weight is 296 g/mol. The highest BCUT2D eigenvalue weighted by atomic mass is 32.2. The van der Waals surface area contributed by atoms with Crippen LogP contribution in [0.15, 0.2) is 41.8 Å². The Bertz CT molecular complexity index is 678. The monoisotopic (exact) mass is 296 g/mol. The second kappa shape index (κ2) is 7.52. The van der Waals surface area contributed by atoms with Crippen LogP contribution < -0.4 is 0 Å². The molecule has 1 heterocycles. The number of rotatable bonds is 6. The quantitative estimate of drug-likeness (QED) is 0.762. The van der Waals surface area contributed by atoms with Gasteiger partial charge in [-0.3, -0.25) is 4.57 Å². The first kappa shape index (κ1) is 15.2. The van der Waals surface area contributed by atoms with E-state index in [1.165, 1.54) is 5.56 Å².